The van der Waals surface area contributed by atoms with Gasteiger partial charge in [-0.3, -0.25) is 4.79 Å². The van der Waals surface area contributed by atoms with E-state index < -0.39 is 5.97 Å². The van der Waals surface area contributed by atoms with E-state index in [1.54, 1.807) is 0 Å². The first-order valence-corrected chi connectivity index (χ1v) is 7.20. The SMILES string of the molecule is CC1=CCC[C@H]2[C@](C)(CC(=O)O)[C@@H](C)CC[C@]12C. The monoisotopic (exact) mass is 250 g/mol. The average Bonchev–Trinajstić information content (AvgIpc) is 2.27. The molecule has 2 rings (SSSR count). The van der Waals surface area contributed by atoms with E-state index in [9.17, 15) is 9.90 Å². The summed E-state index contributed by atoms with van der Waals surface area (Å²) in [7, 11) is 0. The van der Waals surface area contributed by atoms with Gasteiger partial charge in [0, 0.05) is 0 Å². The van der Waals surface area contributed by atoms with Crippen molar-refractivity contribution in [2.24, 2.45) is 22.7 Å². The molecule has 2 heteroatoms. The molecule has 0 aromatic heterocycles. The van der Waals surface area contributed by atoms with Crippen LogP contribution in [-0.4, -0.2) is 11.1 Å². The number of rotatable bonds is 2. The van der Waals surface area contributed by atoms with Gasteiger partial charge in [-0.2, -0.15) is 0 Å². The quantitative estimate of drug-likeness (QED) is 0.743. The van der Waals surface area contributed by atoms with Crippen molar-refractivity contribution >= 4 is 5.97 Å². The third kappa shape index (κ3) is 1.90. The lowest BCUT2D eigenvalue weighted by molar-refractivity contribution is -0.145. The summed E-state index contributed by atoms with van der Waals surface area (Å²) < 4.78 is 0. The summed E-state index contributed by atoms with van der Waals surface area (Å²) in [5, 5.41) is 9.27. The number of hydrogen-bond acceptors (Lipinski definition) is 1. The minimum atomic E-state index is -0.638. The molecule has 0 aromatic carbocycles. The molecule has 1 fully saturated rings. The molecule has 1 N–H and O–H groups in total. The maximum Gasteiger partial charge on any atom is 0.303 e. The maximum atomic E-state index is 11.3. The Morgan fingerprint density at radius 1 is 1.44 bits per heavy atom. The van der Waals surface area contributed by atoms with Crippen LogP contribution in [0.15, 0.2) is 11.6 Å². The lowest BCUT2D eigenvalue weighted by Gasteiger charge is -2.57. The second-order valence-corrected chi connectivity index (χ2v) is 6.95. The topological polar surface area (TPSA) is 37.3 Å². The maximum absolute atomic E-state index is 11.3. The zero-order valence-corrected chi connectivity index (χ0v) is 12.1. The highest BCUT2D eigenvalue weighted by atomic mass is 16.4. The fourth-order valence-electron chi connectivity index (χ4n) is 4.53. The van der Waals surface area contributed by atoms with Gasteiger partial charge in [0.1, 0.15) is 0 Å². The van der Waals surface area contributed by atoms with Gasteiger partial charge >= 0.3 is 5.97 Å². The molecule has 0 aromatic rings. The molecule has 102 valence electrons. The Bertz CT molecular complexity index is 385. The summed E-state index contributed by atoms with van der Waals surface area (Å²) in [6.45, 7) is 9.06. The molecule has 2 nitrogen and oxygen atoms in total. The van der Waals surface area contributed by atoms with Gasteiger partial charge in [0.15, 0.2) is 0 Å². The molecule has 1 saturated carbocycles. The summed E-state index contributed by atoms with van der Waals surface area (Å²) in [5.74, 6) is 0.397. The van der Waals surface area contributed by atoms with E-state index in [2.05, 4.69) is 33.8 Å². The number of fused-ring (bicyclic) bond motifs is 1. The van der Waals surface area contributed by atoms with Crippen LogP contribution in [0.1, 0.15) is 59.8 Å². The van der Waals surface area contributed by atoms with Crippen LogP contribution in [0.3, 0.4) is 0 Å². The summed E-state index contributed by atoms with van der Waals surface area (Å²) in [6, 6.07) is 0. The van der Waals surface area contributed by atoms with Crippen molar-refractivity contribution in [2.45, 2.75) is 59.8 Å². The van der Waals surface area contributed by atoms with Crippen LogP contribution in [0.25, 0.3) is 0 Å². The minimum absolute atomic E-state index is 0.0473. The van der Waals surface area contributed by atoms with E-state index in [0.717, 1.165) is 19.3 Å². The molecule has 0 amide bonds. The molecule has 0 heterocycles. The van der Waals surface area contributed by atoms with E-state index in [-0.39, 0.29) is 10.8 Å². The third-order valence-corrected chi connectivity index (χ3v) is 6.13. The van der Waals surface area contributed by atoms with E-state index in [4.69, 9.17) is 0 Å². The highest BCUT2D eigenvalue weighted by Gasteiger charge is 2.53. The summed E-state index contributed by atoms with van der Waals surface area (Å²) in [6.07, 6.45) is 7.34. The van der Waals surface area contributed by atoms with Crippen molar-refractivity contribution in [1.29, 1.82) is 0 Å². The predicted octanol–water partition coefficient (Wildman–Crippen LogP) is 4.26. The van der Waals surface area contributed by atoms with Crippen molar-refractivity contribution in [3.05, 3.63) is 11.6 Å². The van der Waals surface area contributed by atoms with E-state index in [1.165, 1.54) is 12.0 Å². The van der Waals surface area contributed by atoms with Crippen molar-refractivity contribution in [3.63, 3.8) is 0 Å². The Labute approximate surface area is 110 Å². The number of hydrogen-bond donors (Lipinski definition) is 1. The third-order valence-electron chi connectivity index (χ3n) is 6.13. The first-order chi connectivity index (χ1) is 8.30. The van der Waals surface area contributed by atoms with Crippen molar-refractivity contribution < 1.29 is 9.90 Å². The van der Waals surface area contributed by atoms with Crippen molar-refractivity contribution in [1.82, 2.24) is 0 Å². The van der Waals surface area contributed by atoms with E-state index in [1.807, 2.05) is 0 Å². The van der Waals surface area contributed by atoms with E-state index in [0.29, 0.717) is 18.3 Å². The van der Waals surface area contributed by atoms with Crippen molar-refractivity contribution in [2.75, 3.05) is 0 Å². The average molecular weight is 250 g/mol. The number of carbonyl (C=O) groups is 1. The molecule has 0 saturated heterocycles. The molecule has 2 aliphatic carbocycles. The Balaban J connectivity index is 2.39. The number of carboxylic acids is 1. The molecule has 0 unspecified atom stereocenters. The van der Waals surface area contributed by atoms with Crippen LogP contribution >= 0.6 is 0 Å². The Kier molecular flexibility index (Phi) is 3.33. The highest BCUT2D eigenvalue weighted by molar-refractivity contribution is 5.68. The second-order valence-electron chi connectivity index (χ2n) is 6.95. The molecule has 4 atom stereocenters. The van der Waals surface area contributed by atoms with Crippen molar-refractivity contribution in [3.8, 4) is 0 Å². The fourth-order valence-corrected chi connectivity index (χ4v) is 4.53. The normalized spacial score (nSPS) is 44.1. The molecular formula is C16H26O2. The smallest absolute Gasteiger partial charge is 0.303 e. The molecule has 2 aliphatic rings. The van der Waals surface area contributed by atoms with Crippen LogP contribution in [0.4, 0.5) is 0 Å². The van der Waals surface area contributed by atoms with Crippen LogP contribution in [0, 0.1) is 22.7 Å². The molecule has 0 spiro atoms. The molecular weight excluding hydrogens is 224 g/mol. The lowest BCUT2D eigenvalue weighted by atomic mass is 9.47. The molecule has 18 heavy (non-hydrogen) atoms. The van der Waals surface area contributed by atoms with Gasteiger partial charge in [-0.25, -0.2) is 0 Å². The Morgan fingerprint density at radius 3 is 2.72 bits per heavy atom. The Hall–Kier alpha value is -0.790. The van der Waals surface area contributed by atoms with Crippen LogP contribution in [-0.2, 0) is 4.79 Å². The fraction of sp³-hybridized carbons (Fsp3) is 0.812. The first-order valence-electron chi connectivity index (χ1n) is 7.20. The highest BCUT2D eigenvalue weighted by Crippen LogP contribution is 2.61. The summed E-state index contributed by atoms with van der Waals surface area (Å²) in [4.78, 5) is 11.3. The van der Waals surface area contributed by atoms with Crippen LogP contribution < -0.4 is 0 Å². The van der Waals surface area contributed by atoms with Gasteiger partial charge < -0.3 is 5.11 Å². The van der Waals surface area contributed by atoms with Gasteiger partial charge in [-0.1, -0.05) is 32.4 Å². The minimum Gasteiger partial charge on any atom is -0.481 e. The second kappa shape index (κ2) is 4.40. The van der Waals surface area contributed by atoms with Gasteiger partial charge in [-0.05, 0) is 55.3 Å². The largest absolute Gasteiger partial charge is 0.481 e. The van der Waals surface area contributed by atoms with Crippen LogP contribution in [0.5, 0.6) is 0 Å². The van der Waals surface area contributed by atoms with Gasteiger partial charge in [0.25, 0.3) is 0 Å². The Morgan fingerprint density at radius 2 is 2.11 bits per heavy atom. The van der Waals surface area contributed by atoms with E-state index >= 15 is 0 Å². The number of aliphatic carboxylic acids is 1. The molecule has 0 bridgehead atoms. The first kappa shape index (κ1) is 13.6. The lowest BCUT2D eigenvalue weighted by Crippen LogP contribution is -2.50. The number of allylic oxidation sites excluding steroid dienone is 2. The van der Waals surface area contributed by atoms with Crippen LogP contribution in [0.2, 0.25) is 0 Å². The summed E-state index contributed by atoms with van der Waals surface area (Å²) in [5.41, 5.74) is 1.67. The summed E-state index contributed by atoms with van der Waals surface area (Å²) >= 11 is 0. The molecule has 0 aliphatic heterocycles. The van der Waals surface area contributed by atoms with Gasteiger partial charge in [0.05, 0.1) is 6.42 Å². The zero-order valence-electron chi connectivity index (χ0n) is 12.1. The zero-order chi connectivity index (χ0) is 13.6. The van der Waals surface area contributed by atoms with Gasteiger partial charge in [-0.15, -0.1) is 0 Å². The number of carboxylic acid groups (broad SMARTS) is 1. The standard InChI is InChI=1S/C16H26O2/c1-11-6-5-7-13-15(11,3)9-8-12(2)16(13,4)10-14(17)18/h6,12-13H,5,7-10H2,1-4H3,(H,17,18)/t12-,13+,15+,16+/m0/s1. The van der Waals surface area contributed by atoms with Gasteiger partial charge in [0.2, 0.25) is 0 Å². The predicted molar refractivity (Wildman–Crippen MR) is 73.3 cm³/mol. The molecule has 0 radical (unpaired) electrons.